The summed E-state index contributed by atoms with van der Waals surface area (Å²) in [6, 6.07) is 8.53. The number of nitrogen functional groups attached to an aromatic ring is 1. The van der Waals surface area contributed by atoms with Crippen LogP contribution in [0.2, 0.25) is 0 Å². The molecule has 2 bridgehead atoms. The van der Waals surface area contributed by atoms with Crippen molar-refractivity contribution in [3.05, 3.63) is 82.7 Å². The van der Waals surface area contributed by atoms with Crippen LogP contribution in [0.3, 0.4) is 0 Å². The number of carbonyl (C=O) groups is 2. The van der Waals surface area contributed by atoms with E-state index in [9.17, 15) is 14.4 Å². The summed E-state index contributed by atoms with van der Waals surface area (Å²) in [5, 5.41) is 12.1. The maximum Gasteiger partial charge on any atom is 0.292 e. The van der Waals surface area contributed by atoms with Crippen molar-refractivity contribution in [2.75, 3.05) is 5.73 Å². The fraction of sp³-hybridized carbons (Fsp3) is 0.286. The Bertz CT molecular complexity index is 1840. The lowest BCUT2D eigenvalue weighted by Crippen LogP contribution is -2.46. The number of piperidine rings is 1. The minimum atomic E-state index is -0.184. The highest BCUT2D eigenvalue weighted by Gasteiger charge is 2.45. The van der Waals surface area contributed by atoms with Gasteiger partial charge >= 0.3 is 0 Å². The highest BCUT2D eigenvalue weighted by molar-refractivity contribution is 6.00. The summed E-state index contributed by atoms with van der Waals surface area (Å²) in [4.78, 5) is 52.4. The van der Waals surface area contributed by atoms with Crippen LogP contribution in [0.25, 0.3) is 22.6 Å². The van der Waals surface area contributed by atoms with Gasteiger partial charge in [0.25, 0.3) is 11.5 Å². The van der Waals surface area contributed by atoms with E-state index in [-0.39, 0.29) is 46.9 Å². The van der Waals surface area contributed by atoms with E-state index in [1.807, 2.05) is 11.0 Å². The highest BCUT2D eigenvalue weighted by Crippen LogP contribution is 2.45. The first-order valence-electron chi connectivity index (χ1n) is 13.4. The molecule has 3 N–H and O–H groups in total. The number of anilines is 1. The van der Waals surface area contributed by atoms with Gasteiger partial charge in [-0.2, -0.15) is 9.61 Å². The lowest BCUT2D eigenvalue weighted by molar-refractivity contribution is 0.0556. The van der Waals surface area contributed by atoms with Crippen molar-refractivity contribution in [1.29, 1.82) is 0 Å². The number of H-pyrrole nitrogens is 1. The molecule has 0 radical (unpaired) electrons. The molecule has 5 aromatic rings. The molecule has 2 fully saturated rings. The molecule has 2 saturated heterocycles. The number of nitrogens with zero attached hydrogens (tertiary/aromatic N) is 8. The Morgan fingerprint density at radius 1 is 1.07 bits per heavy atom. The number of aromatic nitrogens is 8. The van der Waals surface area contributed by atoms with Crippen molar-refractivity contribution in [1.82, 2.24) is 44.2 Å². The third kappa shape index (κ3) is 4.00. The molecule has 13 heteroatoms. The molecule has 0 aliphatic carbocycles. The van der Waals surface area contributed by atoms with Crippen molar-refractivity contribution in [2.24, 2.45) is 0 Å². The van der Waals surface area contributed by atoms with E-state index >= 15 is 0 Å². The summed E-state index contributed by atoms with van der Waals surface area (Å²) in [5.74, 6) is 0.548. The molecular formula is C28H26N10O3. The molecule has 0 aromatic carbocycles. The average Bonchev–Trinajstić information content (AvgIpc) is 3.71. The second-order valence-electron chi connectivity index (χ2n) is 10.5. The Morgan fingerprint density at radius 3 is 2.54 bits per heavy atom. The molecule has 3 atom stereocenters. The molecular weight excluding hydrogens is 524 g/mol. The van der Waals surface area contributed by atoms with Crippen molar-refractivity contribution < 1.29 is 9.59 Å². The Morgan fingerprint density at radius 2 is 1.88 bits per heavy atom. The van der Waals surface area contributed by atoms with E-state index in [1.165, 1.54) is 28.4 Å². The minimum Gasteiger partial charge on any atom is -0.383 e. The molecule has 13 nitrogen and oxygen atoms in total. The van der Waals surface area contributed by atoms with Gasteiger partial charge in [-0.1, -0.05) is 6.07 Å². The lowest BCUT2D eigenvalue weighted by atomic mass is 9.85. The third-order valence-electron chi connectivity index (χ3n) is 8.16. The van der Waals surface area contributed by atoms with Gasteiger partial charge in [-0.25, -0.2) is 9.97 Å². The van der Waals surface area contributed by atoms with E-state index in [2.05, 4.69) is 25.3 Å². The zero-order chi connectivity index (χ0) is 28.2. The number of nitrogens with one attached hydrogen (secondary N) is 1. The largest absolute Gasteiger partial charge is 0.383 e. The molecule has 2 aliphatic rings. The first-order valence-corrected chi connectivity index (χ1v) is 13.4. The van der Waals surface area contributed by atoms with Crippen molar-refractivity contribution in [2.45, 2.75) is 50.6 Å². The number of pyridine rings is 2. The van der Waals surface area contributed by atoms with Gasteiger partial charge in [0.2, 0.25) is 5.82 Å². The van der Waals surface area contributed by atoms with Gasteiger partial charge < -0.3 is 15.6 Å². The lowest BCUT2D eigenvalue weighted by Gasteiger charge is -2.38. The van der Waals surface area contributed by atoms with Crippen LogP contribution in [0.1, 0.15) is 65.2 Å². The van der Waals surface area contributed by atoms with Gasteiger partial charge in [0.15, 0.2) is 11.4 Å². The maximum absolute atomic E-state index is 13.1. The maximum atomic E-state index is 13.1. The number of rotatable bonds is 5. The topological polar surface area (TPSA) is 170 Å². The quantitative estimate of drug-likeness (QED) is 0.312. The molecule has 41 heavy (non-hydrogen) atoms. The summed E-state index contributed by atoms with van der Waals surface area (Å²) in [5.41, 5.74) is 9.34. The molecule has 7 heterocycles. The Hall–Kier alpha value is -5.20. The monoisotopic (exact) mass is 550 g/mol. The Kier molecular flexibility index (Phi) is 5.73. The zero-order valence-corrected chi connectivity index (χ0v) is 22.1. The number of hydrogen-bond acceptors (Lipinski definition) is 9. The molecule has 0 spiro atoms. The van der Waals surface area contributed by atoms with Gasteiger partial charge in [-0.15, -0.1) is 10.2 Å². The summed E-state index contributed by atoms with van der Waals surface area (Å²) in [6.07, 6.45) is 9.43. The fourth-order valence-corrected chi connectivity index (χ4v) is 6.36. The van der Waals surface area contributed by atoms with Crippen LogP contribution in [0, 0.1) is 0 Å². The summed E-state index contributed by atoms with van der Waals surface area (Å²) in [7, 11) is 0. The number of Topliss-reactive ketones (excluding diaryl/α,β-unsaturated/α-hetero) is 1. The molecule has 5 aromatic heterocycles. The zero-order valence-electron chi connectivity index (χ0n) is 22.1. The van der Waals surface area contributed by atoms with E-state index in [0.717, 1.165) is 18.4 Å². The van der Waals surface area contributed by atoms with Crippen LogP contribution in [-0.4, -0.2) is 68.0 Å². The Labute approximate surface area is 233 Å². The van der Waals surface area contributed by atoms with Gasteiger partial charge in [0.1, 0.15) is 18.0 Å². The standard InChI is InChI=1S/C28H26N10O3/c1-15(39)23-24(17-10-18-6-7-19(11-17)37(18)28(41)26-31-14-32-35-26)34-27-20(13-33-38(27)25(23)29)16-5-8-21(30-12-16)36-9-3-2-4-22(36)40/h2-5,8-9,12-14,17-19H,6-7,10-11,29H2,1H3,(H,31,32,35)/t17-,18+,19-. The highest BCUT2D eigenvalue weighted by atomic mass is 16.2. The van der Waals surface area contributed by atoms with Gasteiger partial charge in [-0.05, 0) is 50.8 Å². The van der Waals surface area contributed by atoms with Gasteiger partial charge in [0, 0.05) is 47.6 Å². The normalized spacial score (nSPS) is 20.0. The number of carbonyl (C=O) groups excluding carboxylic acids is 2. The molecule has 0 unspecified atom stereocenters. The second-order valence-corrected chi connectivity index (χ2v) is 10.5. The first-order chi connectivity index (χ1) is 19.9. The third-order valence-corrected chi connectivity index (χ3v) is 8.16. The average molecular weight is 551 g/mol. The predicted molar refractivity (Wildman–Crippen MR) is 148 cm³/mol. The molecule has 0 saturated carbocycles. The minimum absolute atomic E-state index is 0.00192. The van der Waals surface area contributed by atoms with Gasteiger partial charge in [-0.3, -0.25) is 19.0 Å². The van der Waals surface area contributed by atoms with E-state index in [1.54, 1.807) is 36.8 Å². The Balaban J connectivity index is 1.26. The number of fused-ring (bicyclic) bond motifs is 3. The number of nitrogens with two attached hydrogens (primary N) is 1. The van der Waals surface area contributed by atoms with Crippen LogP contribution in [0.5, 0.6) is 0 Å². The van der Waals surface area contributed by atoms with Gasteiger partial charge in [0.05, 0.1) is 17.5 Å². The van der Waals surface area contributed by atoms with Crippen molar-refractivity contribution in [3.8, 4) is 16.9 Å². The number of amides is 1. The number of hydrogen-bond donors (Lipinski definition) is 2. The number of ketones is 1. The van der Waals surface area contributed by atoms with E-state index in [4.69, 9.17) is 10.7 Å². The molecule has 206 valence electrons. The molecule has 1 amide bonds. The SMILES string of the molecule is CC(=O)c1c([C@H]2C[C@H]3CC[C@@H](C2)N3C(=O)c2nnc[nH]2)nc2c(-c3ccc(-n4ccccc4=O)nc3)cnn2c1N. The smallest absolute Gasteiger partial charge is 0.292 e. The van der Waals surface area contributed by atoms with Crippen LogP contribution >= 0.6 is 0 Å². The predicted octanol–water partition coefficient (Wildman–Crippen LogP) is 2.40. The van der Waals surface area contributed by atoms with Crippen molar-refractivity contribution >= 4 is 23.2 Å². The summed E-state index contributed by atoms with van der Waals surface area (Å²) < 4.78 is 2.95. The van der Waals surface area contributed by atoms with Crippen molar-refractivity contribution in [3.63, 3.8) is 0 Å². The second kappa shape index (κ2) is 9.47. The molecule has 2 aliphatic heterocycles. The molecule has 7 rings (SSSR count). The van der Waals surface area contributed by atoms with Crippen LogP contribution in [0.15, 0.2) is 60.0 Å². The van der Waals surface area contributed by atoms with E-state index < -0.39 is 0 Å². The number of aromatic amines is 1. The van der Waals surface area contributed by atoms with E-state index in [0.29, 0.717) is 41.1 Å². The summed E-state index contributed by atoms with van der Waals surface area (Å²) >= 11 is 0. The van der Waals surface area contributed by atoms with Crippen LogP contribution < -0.4 is 11.3 Å². The van der Waals surface area contributed by atoms with Crippen LogP contribution in [-0.2, 0) is 0 Å². The van der Waals surface area contributed by atoms with Crippen LogP contribution in [0.4, 0.5) is 5.82 Å². The summed E-state index contributed by atoms with van der Waals surface area (Å²) in [6.45, 7) is 1.48. The fourth-order valence-electron chi connectivity index (χ4n) is 6.36. The first kappa shape index (κ1) is 24.8.